The number of anilines is 1. The second-order valence-corrected chi connectivity index (χ2v) is 5.63. The van der Waals surface area contributed by atoms with Gasteiger partial charge in [0.15, 0.2) is 0 Å². The zero-order chi connectivity index (χ0) is 15.2. The average Bonchev–Trinajstić information content (AvgIpc) is 2.48. The molecule has 5 heteroatoms. The van der Waals surface area contributed by atoms with E-state index in [-0.39, 0.29) is 22.9 Å². The number of aromatic carboxylic acids is 1. The number of nitrogens with one attached hydrogen (secondary N) is 1. The molecule has 0 radical (unpaired) electrons. The van der Waals surface area contributed by atoms with Gasteiger partial charge < -0.3 is 15.5 Å². The van der Waals surface area contributed by atoms with Crippen LogP contribution < -0.4 is 5.32 Å². The van der Waals surface area contributed by atoms with Gasteiger partial charge in [-0.05, 0) is 30.5 Å². The Bertz CT molecular complexity index is 521. The fourth-order valence-corrected chi connectivity index (χ4v) is 2.84. The summed E-state index contributed by atoms with van der Waals surface area (Å²) in [7, 11) is 0. The van der Waals surface area contributed by atoms with Gasteiger partial charge in [-0.3, -0.25) is 4.79 Å². The lowest BCUT2D eigenvalue weighted by Crippen LogP contribution is -2.16. The van der Waals surface area contributed by atoms with Crippen molar-refractivity contribution in [2.75, 3.05) is 5.32 Å². The minimum absolute atomic E-state index is 0.0963. The van der Waals surface area contributed by atoms with Gasteiger partial charge in [-0.1, -0.05) is 32.1 Å². The number of hydrogen-bond donors (Lipinski definition) is 3. The molecule has 0 aromatic heterocycles. The van der Waals surface area contributed by atoms with Gasteiger partial charge >= 0.3 is 5.97 Å². The molecule has 1 aromatic rings. The Labute approximate surface area is 124 Å². The van der Waals surface area contributed by atoms with Crippen LogP contribution in [0.2, 0.25) is 0 Å². The van der Waals surface area contributed by atoms with E-state index < -0.39 is 5.97 Å². The first-order valence-electron chi connectivity index (χ1n) is 7.42. The van der Waals surface area contributed by atoms with Crippen molar-refractivity contribution in [2.24, 2.45) is 5.92 Å². The van der Waals surface area contributed by atoms with Crippen LogP contribution in [0.4, 0.5) is 5.69 Å². The number of amides is 1. The molecule has 2 rings (SSSR count). The summed E-state index contributed by atoms with van der Waals surface area (Å²) >= 11 is 0. The summed E-state index contributed by atoms with van der Waals surface area (Å²) in [5, 5.41) is 21.0. The normalized spacial score (nSPS) is 15.6. The van der Waals surface area contributed by atoms with Crippen molar-refractivity contribution in [3.8, 4) is 5.75 Å². The van der Waals surface area contributed by atoms with Crippen LogP contribution in [-0.4, -0.2) is 22.1 Å². The molecule has 3 N–H and O–H groups in total. The predicted molar refractivity (Wildman–Crippen MR) is 79.5 cm³/mol. The minimum atomic E-state index is -1.17. The molecule has 0 spiro atoms. The summed E-state index contributed by atoms with van der Waals surface area (Å²) in [4.78, 5) is 23.0. The monoisotopic (exact) mass is 291 g/mol. The zero-order valence-electron chi connectivity index (χ0n) is 12.0. The number of carboxylic acid groups (broad SMARTS) is 1. The molecule has 0 heterocycles. The second kappa shape index (κ2) is 7.11. The Morgan fingerprint density at radius 3 is 2.57 bits per heavy atom. The van der Waals surface area contributed by atoms with E-state index >= 15 is 0 Å². The van der Waals surface area contributed by atoms with E-state index in [0.717, 1.165) is 12.5 Å². The minimum Gasteiger partial charge on any atom is -0.508 e. The maximum absolute atomic E-state index is 11.9. The molecule has 5 nitrogen and oxygen atoms in total. The van der Waals surface area contributed by atoms with Gasteiger partial charge in [0.25, 0.3) is 0 Å². The Hall–Kier alpha value is -2.04. The molecule has 1 aromatic carbocycles. The molecule has 1 aliphatic carbocycles. The Balaban J connectivity index is 1.91. The van der Waals surface area contributed by atoms with Gasteiger partial charge in [-0.15, -0.1) is 0 Å². The first-order valence-corrected chi connectivity index (χ1v) is 7.42. The van der Waals surface area contributed by atoms with Crippen LogP contribution in [0.25, 0.3) is 0 Å². The fraction of sp³-hybridized carbons (Fsp3) is 0.500. The lowest BCUT2D eigenvalue weighted by Gasteiger charge is -2.21. The number of benzene rings is 1. The van der Waals surface area contributed by atoms with Crippen LogP contribution in [0.5, 0.6) is 5.75 Å². The van der Waals surface area contributed by atoms with Crippen LogP contribution in [0.15, 0.2) is 18.2 Å². The van der Waals surface area contributed by atoms with Crippen molar-refractivity contribution in [1.82, 2.24) is 0 Å². The molecule has 21 heavy (non-hydrogen) atoms. The van der Waals surface area contributed by atoms with Crippen molar-refractivity contribution in [3.63, 3.8) is 0 Å². The van der Waals surface area contributed by atoms with E-state index in [4.69, 9.17) is 5.11 Å². The number of carboxylic acids is 1. The Morgan fingerprint density at radius 1 is 1.19 bits per heavy atom. The van der Waals surface area contributed by atoms with Crippen LogP contribution >= 0.6 is 0 Å². The van der Waals surface area contributed by atoms with Gasteiger partial charge in [0.2, 0.25) is 5.91 Å². The van der Waals surface area contributed by atoms with Gasteiger partial charge in [0, 0.05) is 6.42 Å². The molecular weight excluding hydrogens is 270 g/mol. The topological polar surface area (TPSA) is 86.6 Å². The average molecular weight is 291 g/mol. The van der Waals surface area contributed by atoms with Crippen molar-refractivity contribution in [3.05, 3.63) is 23.8 Å². The number of aromatic hydroxyl groups is 1. The molecule has 0 aliphatic heterocycles. The molecule has 1 aliphatic rings. The van der Waals surface area contributed by atoms with Crippen LogP contribution in [0, 0.1) is 5.92 Å². The molecule has 0 atom stereocenters. The number of hydrogen-bond acceptors (Lipinski definition) is 3. The molecule has 0 bridgehead atoms. The van der Waals surface area contributed by atoms with Crippen LogP contribution in [-0.2, 0) is 4.79 Å². The first-order chi connectivity index (χ1) is 10.1. The summed E-state index contributed by atoms with van der Waals surface area (Å²) in [6, 6.07) is 3.92. The van der Waals surface area contributed by atoms with Crippen molar-refractivity contribution >= 4 is 17.6 Å². The molecule has 114 valence electrons. The molecule has 0 saturated heterocycles. The highest BCUT2D eigenvalue weighted by Gasteiger charge is 2.17. The summed E-state index contributed by atoms with van der Waals surface area (Å²) in [5.41, 5.74) is 0.134. The Kier molecular flexibility index (Phi) is 5.20. The Morgan fingerprint density at radius 2 is 1.90 bits per heavy atom. The van der Waals surface area contributed by atoms with E-state index in [2.05, 4.69) is 5.32 Å². The van der Waals surface area contributed by atoms with Gasteiger partial charge in [-0.2, -0.15) is 0 Å². The van der Waals surface area contributed by atoms with Gasteiger partial charge in [0.05, 0.1) is 11.3 Å². The van der Waals surface area contributed by atoms with Crippen molar-refractivity contribution in [1.29, 1.82) is 0 Å². The highest BCUT2D eigenvalue weighted by Crippen LogP contribution is 2.27. The fourth-order valence-electron chi connectivity index (χ4n) is 2.84. The lowest BCUT2D eigenvalue weighted by atomic mass is 9.86. The quantitative estimate of drug-likeness (QED) is 0.726. The number of carbonyl (C=O) groups excluding carboxylic acids is 1. The third-order valence-electron chi connectivity index (χ3n) is 4.01. The molecule has 1 fully saturated rings. The third-order valence-corrected chi connectivity index (χ3v) is 4.01. The highest BCUT2D eigenvalue weighted by atomic mass is 16.4. The van der Waals surface area contributed by atoms with Gasteiger partial charge in [-0.25, -0.2) is 4.79 Å². The van der Waals surface area contributed by atoms with Crippen molar-refractivity contribution in [2.45, 2.75) is 44.9 Å². The smallest absolute Gasteiger partial charge is 0.337 e. The van der Waals surface area contributed by atoms with Crippen LogP contribution in [0.1, 0.15) is 55.3 Å². The van der Waals surface area contributed by atoms with Crippen molar-refractivity contribution < 1.29 is 19.8 Å². The maximum Gasteiger partial charge on any atom is 0.337 e. The van der Waals surface area contributed by atoms with Crippen LogP contribution in [0.3, 0.4) is 0 Å². The summed E-state index contributed by atoms with van der Waals surface area (Å²) in [6.07, 6.45) is 7.41. The number of rotatable bonds is 5. The van der Waals surface area contributed by atoms with E-state index in [9.17, 15) is 14.7 Å². The number of phenolic OH excluding ortho intramolecular Hbond substituents is 1. The second-order valence-electron chi connectivity index (χ2n) is 5.63. The van der Waals surface area contributed by atoms with E-state index in [0.29, 0.717) is 12.3 Å². The first kappa shape index (κ1) is 15.4. The maximum atomic E-state index is 11.9. The predicted octanol–water partition coefficient (Wildman–Crippen LogP) is 3.39. The summed E-state index contributed by atoms with van der Waals surface area (Å²) in [6.45, 7) is 0. The van der Waals surface area contributed by atoms with E-state index in [1.165, 1.54) is 44.2 Å². The zero-order valence-corrected chi connectivity index (χ0v) is 12.0. The standard InChI is InChI=1S/C16H21NO4/c18-12-7-8-14(13(10-12)16(20)21)17-15(19)9-6-11-4-2-1-3-5-11/h7-8,10-11,18H,1-6,9H2,(H,17,19)(H,20,21). The van der Waals surface area contributed by atoms with E-state index in [1.807, 2.05) is 0 Å². The molecule has 0 unspecified atom stereocenters. The lowest BCUT2D eigenvalue weighted by molar-refractivity contribution is -0.116. The van der Waals surface area contributed by atoms with E-state index in [1.54, 1.807) is 0 Å². The SMILES string of the molecule is O=C(CCC1CCCCC1)Nc1ccc(O)cc1C(=O)O. The number of phenols is 1. The summed E-state index contributed by atoms with van der Waals surface area (Å²) < 4.78 is 0. The molecular formula is C16H21NO4. The highest BCUT2D eigenvalue weighted by molar-refractivity contribution is 6.00. The molecule has 1 amide bonds. The third kappa shape index (κ3) is 4.48. The van der Waals surface area contributed by atoms with Gasteiger partial charge in [0.1, 0.15) is 5.75 Å². The largest absolute Gasteiger partial charge is 0.508 e. The number of carbonyl (C=O) groups is 2. The summed E-state index contributed by atoms with van der Waals surface area (Å²) in [5.74, 6) is -0.863. The molecule has 1 saturated carbocycles.